The van der Waals surface area contributed by atoms with Gasteiger partial charge in [0.2, 0.25) is 0 Å². The summed E-state index contributed by atoms with van der Waals surface area (Å²) in [4.78, 5) is 25.3. The van der Waals surface area contributed by atoms with Gasteiger partial charge in [0.15, 0.2) is 5.60 Å². The van der Waals surface area contributed by atoms with Crippen LogP contribution >= 0.6 is 31.9 Å². The summed E-state index contributed by atoms with van der Waals surface area (Å²) >= 11 is 7.29. The van der Waals surface area contributed by atoms with Crippen molar-refractivity contribution >= 4 is 43.8 Å². The minimum Gasteiger partial charge on any atom is -0.506 e. The summed E-state index contributed by atoms with van der Waals surface area (Å²) in [5, 5.41) is 33.2. The summed E-state index contributed by atoms with van der Waals surface area (Å²) in [6.45, 7) is 8.31. The smallest absolute Gasteiger partial charge is 0.340 e. The van der Waals surface area contributed by atoms with E-state index in [2.05, 4.69) is 59.6 Å². The summed E-state index contributed by atoms with van der Waals surface area (Å²) in [5.41, 5.74) is 3.31. The zero-order chi connectivity index (χ0) is 30.1. The van der Waals surface area contributed by atoms with Crippen molar-refractivity contribution in [2.75, 3.05) is 0 Å². The van der Waals surface area contributed by atoms with E-state index in [4.69, 9.17) is 4.74 Å². The molecule has 0 saturated heterocycles. The van der Waals surface area contributed by atoms with E-state index >= 15 is 0 Å². The van der Waals surface area contributed by atoms with Crippen molar-refractivity contribution in [3.8, 4) is 11.5 Å². The molecule has 218 valence electrons. The van der Waals surface area contributed by atoms with E-state index in [1.165, 1.54) is 12.1 Å². The zero-order valence-electron chi connectivity index (χ0n) is 23.9. The number of fused-ring (bicyclic) bond motifs is 1. The maximum atomic E-state index is 13.6. The number of ether oxygens (including phenoxy) is 1. The van der Waals surface area contributed by atoms with E-state index in [9.17, 15) is 24.9 Å². The third-order valence-electron chi connectivity index (χ3n) is 7.78. The fourth-order valence-corrected chi connectivity index (χ4v) is 7.31. The van der Waals surface area contributed by atoms with Crippen LogP contribution in [0.1, 0.15) is 113 Å². The van der Waals surface area contributed by atoms with Crippen LogP contribution in [0.15, 0.2) is 39.3 Å². The molecular weight excluding hydrogens is 652 g/mol. The van der Waals surface area contributed by atoms with Gasteiger partial charge in [-0.15, -0.1) is 0 Å². The minimum atomic E-state index is -1.72. The first-order chi connectivity index (χ1) is 19.6. The highest BCUT2D eigenvalue weighted by molar-refractivity contribution is 9.11. The molecule has 3 N–H and O–H groups in total. The molecule has 1 heterocycles. The number of phenolic OH excluding ortho intramolecular Hbond substituents is 2. The Hall–Kier alpha value is -2.84. The summed E-state index contributed by atoms with van der Waals surface area (Å²) in [5.74, 6) is -2.06. The summed E-state index contributed by atoms with van der Waals surface area (Å²) in [6.07, 6.45) is 6.45. The molecule has 1 aliphatic heterocycles. The van der Waals surface area contributed by atoms with Gasteiger partial charge < -0.3 is 20.1 Å². The molecule has 0 radical (unpaired) electrons. The van der Waals surface area contributed by atoms with Crippen LogP contribution in [0.2, 0.25) is 0 Å². The van der Waals surface area contributed by atoms with Crippen molar-refractivity contribution in [1.82, 2.24) is 0 Å². The number of rotatable bonds is 11. The quantitative estimate of drug-likeness (QED) is 0.175. The van der Waals surface area contributed by atoms with Crippen LogP contribution in [0.5, 0.6) is 11.5 Å². The van der Waals surface area contributed by atoms with Crippen LogP contribution in [0.25, 0.3) is 0 Å². The third kappa shape index (κ3) is 5.29. The lowest BCUT2D eigenvalue weighted by molar-refractivity contribution is 0.0238. The molecule has 0 spiro atoms. The summed E-state index contributed by atoms with van der Waals surface area (Å²) in [6, 6.07) is 8.05. The Balaban J connectivity index is 2.19. The maximum Gasteiger partial charge on any atom is 0.340 e. The Morgan fingerprint density at radius 3 is 1.63 bits per heavy atom. The highest BCUT2D eigenvalue weighted by Gasteiger charge is 2.53. The van der Waals surface area contributed by atoms with Crippen molar-refractivity contribution in [2.24, 2.45) is 0 Å². The molecule has 3 aromatic carbocycles. The largest absolute Gasteiger partial charge is 0.506 e. The molecule has 3 aromatic rings. The van der Waals surface area contributed by atoms with E-state index in [-0.39, 0.29) is 22.6 Å². The topological polar surface area (TPSA) is 104 Å². The number of halogens is 2. The lowest BCUT2D eigenvalue weighted by Crippen LogP contribution is -2.31. The average molecular weight is 688 g/mol. The van der Waals surface area contributed by atoms with E-state index < -0.39 is 17.5 Å². The van der Waals surface area contributed by atoms with Gasteiger partial charge in [-0.1, -0.05) is 59.4 Å². The maximum absolute atomic E-state index is 13.6. The van der Waals surface area contributed by atoms with Crippen LogP contribution in [0.4, 0.5) is 0 Å². The molecule has 0 bridgehead atoms. The van der Waals surface area contributed by atoms with E-state index in [1.807, 2.05) is 12.1 Å². The molecule has 0 atom stereocenters. The Morgan fingerprint density at radius 2 is 1.22 bits per heavy atom. The molecule has 4 rings (SSSR count). The predicted molar refractivity (Wildman–Crippen MR) is 166 cm³/mol. The van der Waals surface area contributed by atoms with Gasteiger partial charge in [0.05, 0.1) is 20.1 Å². The molecule has 6 nitrogen and oxygen atoms in total. The zero-order valence-corrected chi connectivity index (χ0v) is 27.0. The summed E-state index contributed by atoms with van der Waals surface area (Å²) < 4.78 is 7.33. The number of aromatic hydroxyl groups is 2. The number of carbonyl (C=O) groups is 2. The van der Waals surface area contributed by atoms with Gasteiger partial charge in [-0.25, -0.2) is 9.59 Å². The van der Waals surface area contributed by atoms with Gasteiger partial charge in [0.1, 0.15) is 11.5 Å². The van der Waals surface area contributed by atoms with E-state index in [0.717, 1.165) is 73.6 Å². The number of hydrogen-bond acceptors (Lipinski definition) is 5. The highest BCUT2D eigenvalue weighted by atomic mass is 79.9. The standard InChI is InChI=1S/C33H36Br2O6/c1-5-9-18-16-25(29(36)27(34)21(18)11-7-3)33(24-14-13-20(31(38)39)15-23(24)32(40)41-33)26-17-19(10-6-2)22(12-8-4)28(35)30(26)37/h13-17,36-37H,5-12H2,1-4H3,(H,38,39). The summed E-state index contributed by atoms with van der Waals surface area (Å²) in [7, 11) is 0. The molecular formula is C33H36Br2O6. The number of phenols is 2. The molecule has 0 aromatic heterocycles. The van der Waals surface area contributed by atoms with Gasteiger partial charge in [-0.05, 0) is 104 Å². The van der Waals surface area contributed by atoms with Crippen molar-refractivity contribution in [1.29, 1.82) is 0 Å². The van der Waals surface area contributed by atoms with Gasteiger partial charge in [0, 0.05) is 16.7 Å². The second-order valence-electron chi connectivity index (χ2n) is 10.6. The number of cyclic esters (lactones) is 1. The van der Waals surface area contributed by atoms with Crippen LogP contribution in [0, 0.1) is 0 Å². The molecule has 0 aliphatic carbocycles. The fraction of sp³-hybridized carbons (Fsp3) is 0.394. The molecule has 0 amide bonds. The average Bonchev–Trinajstić information content (AvgIpc) is 3.24. The van der Waals surface area contributed by atoms with Crippen LogP contribution in [0.3, 0.4) is 0 Å². The van der Waals surface area contributed by atoms with E-state index in [1.54, 1.807) is 6.07 Å². The minimum absolute atomic E-state index is 0.0535. The fourth-order valence-electron chi connectivity index (χ4n) is 5.97. The molecule has 8 heteroatoms. The van der Waals surface area contributed by atoms with Crippen molar-refractivity contribution in [3.63, 3.8) is 0 Å². The SMILES string of the molecule is CCCc1cc(C2(c3cc(CCC)c(CCC)c(Br)c3O)OC(=O)c3cc(C(=O)O)ccc32)c(O)c(Br)c1CCC. The number of aromatic carboxylic acids is 1. The van der Waals surface area contributed by atoms with Gasteiger partial charge >= 0.3 is 11.9 Å². The second kappa shape index (κ2) is 12.6. The lowest BCUT2D eigenvalue weighted by atomic mass is 9.76. The van der Waals surface area contributed by atoms with Gasteiger partial charge in [0.25, 0.3) is 0 Å². The van der Waals surface area contributed by atoms with Crippen molar-refractivity contribution in [2.45, 2.75) is 84.7 Å². The number of carboxylic acid groups (broad SMARTS) is 1. The number of hydrogen-bond donors (Lipinski definition) is 3. The van der Waals surface area contributed by atoms with E-state index in [0.29, 0.717) is 25.6 Å². The number of carbonyl (C=O) groups excluding carboxylic acids is 1. The van der Waals surface area contributed by atoms with Crippen LogP contribution < -0.4 is 0 Å². The Labute approximate surface area is 258 Å². The first-order valence-corrected chi connectivity index (χ1v) is 15.8. The molecule has 1 aliphatic rings. The monoisotopic (exact) mass is 686 g/mol. The Morgan fingerprint density at radius 1 is 0.756 bits per heavy atom. The lowest BCUT2D eigenvalue weighted by Gasteiger charge is -2.34. The number of aryl methyl sites for hydroxylation is 2. The van der Waals surface area contributed by atoms with Crippen LogP contribution in [-0.4, -0.2) is 27.3 Å². The molecule has 0 saturated carbocycles. The highest BCUT2D eigenvalue weighted by Crippen LogP contribution is 2.56. The molecule has 41 heavy (non-hydrogen) atoms. The number of carboxylic acids is 1. The first kappa shape index (κ1) is 31.1. The van der Waals surface area contributed by atoms with Crippen LogP contribution in [-0.2, 0) is 36.0 Å². The first-order valence-electron chi connectivity index (χ1n) is 14.3. The number of benzene rings is 3. The van der Waals surface area contributed by atoms with Crippen molar-refractivity contribution in [3.05, 3.63) is 89.3 Å². The van der Waals surface area contributed by atoms with Crippen molar-refractivity contribution < 1.29 is 29.6 Å². The Bertz CT molecular complexity index is 1440. The number of esters is 1. The predicted octanol–water partition coefficient (Wildman–Crippen LogP) is 8.59. The Kier molecular flexibility index (Phi) is 9.54. The third-order valence-corrected chi connectivity index (χ3v) is 9.49. The van der Waals surface area contributed by atoms with Gasteiger partial charge in [-0.3, -0.25) is 0 Å². The molecule has 0 fully saturated rings. The normalized spacial score (nSPS) is 13.8. The van der Waals surface area contributed by atoms with Gasteiger partial charge in [-0.2, -0.15) is 0 Å². The second-order valence-corrected chi connectivity index (χ2v) is 12.2. The molecule has 0 unspecified atom stereocenters.